The van der Waals surface area contributed by atoms with Crippen LogP contribution in [-0.2, 0) is 12.8 Å². The molecule has 0 aliphatic carbocycles. The van der Waals surface area contributed by atoms with Crippen molar-refractivity contribution in [2.24, 2.45) is 5.41 Å². The summed E-state index contributed by atoms with van der Waals surface area (Å²) in [6.45, 7) is 8.65. The summed E-state index contributed by atoms with van der Waals surface area (Å²) in [4.78, 5) is 8.87. The van der Waals surface area contributed by atoms with Gasteiger partial charge in [-0.15, -0.1) is 0 Å². The van der Waals surface area contributed by atoms with Gasteiger partial charge in [0.25, 0.3) is 0 Å². The third kappa shape index (κ3) is 4.02. The SMILES string of the molecule is CCCc1nc(CC(C)(C)C)nc(Cl)c1Br. The number of aromatic nitrogens is 2. The van der Waals surface area contributed by atoms with Gasteiger partial charge in [-0.1, -0.05) is 45.7 Å². The highest BCUT2D eigenvalue weighted by Crippen LogP contribution is 2.26. The van der Waals surface area contributed by atoms with Crippen molar-refractivity contribution >= 4 is 27.5 Å². The first kappa shape index (κ1) is 13.9. The van der Waals surface area contributed by atoms with Gasteiger partial charge in [-0.25, -0.2) is 9.97 Å². The van der Waals surface area contributed by atoms with Crippen LogP contribution in [0.5, 0.6) is 0 Å². The third-order valence-electron chi connectivity index (χ3n) is 2.10. The maximum atomic E-state index is 6.09. The fourth-order valence-corrected chi connectivity index (χ4v) is 2.05. The van der Waals surface area contributed by atoms with Crippen LogP contribution in [0.4, 0.5) is 0 Å². The van der Waals surface area contributed by atoms with E-state index in [1.54, 1.807) is 0 Å². The lowest BCUT2D eigenvalue weighted by atomic mass is 9.92. The Bertz CT molecular complexity index is 372. The molecule has 0 saturated carbocycles. The van der Waals surface area contributed by atoms with Crippen LogP contribution in [0.15, 0.2) is 4.47 Å². The zero-order valence-corrected chi connectivity index (χ0v) is 12.6. The summed E-state index contributed by atoms with van der Waals surface area (Å²) in [7, 11) is 0. The van der Waals surface area contributed by atoms with E-state index in [0.717, 1.165) is 35.3 Å². The Morgan fingerprint density at radius 3 is 2.38 bits per heavy atom. The Labute approximate surface area is 111 Å². The van der Waals surface area contributed by atoms with Gasteiger partial charge in [-0.2, -0.15) is 0 Å². The molecule has 0 atom stereocenters. The predicted octanol–water partition coefficient (Wildman–Crippen LogP) is 4.43. The van der Waals surface area contributed by atoms with E-state index in [4.69, 9.17) is 11.6 Å². The predicted molar refractivity (Wildman–Crippen MR) is 71.9 cm³/mol. The number of hydrogen-bond acceptors (Lipinski definition) is 2. The largest absolute Gasteiger partial charge is 0.237 e. The molecular formula is C12H18BrClN2. The van der Waals surface area contributed by atoms with Crippen molar-refractivity contribution < 1.29 is 0 Å². The molecule has 2 nitrogen and oxygen atoms in total. The minimum absolute atomic E-state index is 0.181. The van der Waals surface area contributed by atoms with Gasteiger partial charge in [0, 0.05) is 6.42 Å². The second kappa shape index (κ2) is 5.46. The fourth-order valence-electron chi connectivity index (χ4n) is 1.47. The van der Waals surface area contributed by atoms with Crippen molar-refractivity contribution in [2.75, 3.05) is 0 Å². The Kier molecular flexibility index (Phi) is 4.74. The first-order valence-electron chi connectivity index (χ1n) is 5.54. The Balaban J connectivity index is 3.04. The first-order chi connectivity index (χ1) is 7.33. The van der Waals surface area contributed by atoms with Gasteiger partial charge in [0.2, 0.25) is 0 Å². The normalized spacial score (nSPS) is 11.9. The summed E-state index contributed by atoms with van der Waals surface area (Å²) < 4.78 is 0.841. The van der Waals surface area contributed by atoms with Crippen molar-refractivity contribution in [2.45, 2.75) is 47.0 Å². The number of aryl methyl sites for hydroxylation is 1. The highest BCUT2D eigenvalue weighted by molar-refractivity contribution is 9.10. The van der Waals surface area contributed by atoms with E-state index in [9.17, 15) is 0 Å². The van der Waals surface area contributed by atoms with E-state index in [1.807, 2.05) is 0 Å². The van der Waals surface area contributed by atoms with Gasteiger partial charge in [0.15, 0.2) is 0 Å². The molecule has 0 N–H and O–H groups in total. The van der Waals surface area contributed by atoms with E-state index in [-0.39, 0.29) is 5.41 Å². The van der Waals surface area contributed by atoms with Crippen LogP contribution < -0.4 is 0 Å². The monoisotopic (exact) mass is 304 g/mol. The fraction of sp³-hybridized carbons (Fsp3) is 0.667. The standard InChI is InChI=1S/C12H18BrClN2/c1-5-6-8-10(13)11(14)16-9(15-8)7-12(2,3)4/h5-7H2,1-4H3. The van der Waals surface area contributed by atoms with Crippen molar-refractivity contribution in [1.82, 2.24) is 9.97 Å². The van der Waals surface area contributed by atoms with Gasteiger partial charge in [0.05, 0.1) is 10.2 Å². The number of hydrogen-bond donors (Lipinski definition) is 0. The molecule has 0 bridgehead atoms. The van der Waals surface area contributed by atoms with Gasteiger partial charge in [-0.05, 0) is 27.8 Å². The molecule has 0 radical (unpaired) electrons. The molecule has 0 aliphatic heterocycles. The Morgan fingerprint density at radius 1 is 1.25 bits per heavy atom. The third-order valence-corrected chi connectivity index (χ3v) is 3.44. The second-order valence-corrected chi connectivity index (χ2v) is 6.33. The smallest absolute Gasteiger partial charge is 0.147 e. The lowest BCUT2D eigenvalue weighted by molar-refractivity contribution is 0.400. The first-order valence-corrected chi connectivity index (χ1v) is 6.71. The summed E-state index contributed by atoms with van der Waals surface area (Å²) >= 11 is 9.52. The summed E-state index contributed by atoms with van der Waals surface area (Å²) in [5.74, 6) is 0.837. The Morgan fingerprint density at radius 2 is 1.88 bits per heavy atom. The van der Waals surface area contributed by atoms with Crippen LogP contribution in [0.2, 0.25) is 5.15 Å². The molecule has 1 aromatic heterocycles. The highest BCUT2D eigenvalue weighted by atomic mass is 79.9. The molecule has 0 unspecified atom stereocenters. The molecule has 0 aliphatic rings. The zero-order valence-electron chi connectivity index (χ0n) is 10.3. The van der Waals surface area contributed by atoms with Crippen LogP contribution in [0.25, 0.3) is 0 Å². The summed E-state index contributed by atoms with van der Waals surface area (Å²) in [6.07, 6.45) is 2.83. The maximum Gasteiger partial charge on any atom is 0.147 e. The van der Waals surface area contributed by atoms with Crippen LogP contribution in [-0.4, -0.2) is 9.97 Å². The second-order valence-electron chi connectivity index (χ2n) is 5.18. The highest BCUT2D eigenvalue weighted by Gasteiger charge is 2.16. The lowest BCUT2D eigenvalue weighted by Gasteiger charge is -2.17. The maximum absolute atomic E-state index is 6.09. The van der Waals surface area contributed by atoms with E-state index < -0.39 is 0 Å². The summed E-state index contributed by atoms with van der Waals surface area (Å²) in [6, 6.07) is 0. The molecule has 16 heavy (non-hydrogen) atoms. The molecule has 0 fully saturated rings. The average Bonchev–Trinajstić information content (AvgIpc) is 2.11. The van der Waals surface area contributed by atoms with E-state index >= 15 is 0 Å². The van der Waals surface area contributed by atoms with Crippen molar-refractivity contribution in [3.63, 3.8) is 0 Å². The summed E-state index contributed by atoms with van der Waals surface area (Å²) in [5.41, 5.74) is 1.20. The van der Waals surface area contributed by atoms with E-state index in [2.05, 4.69) is 53.6 Å². The summed E-state index contributed by atoms with van der Waals surface area (Å²) in [5, 5.41) is 0.526. The molecule has 0 aromatic carbocycles. The molecule has 0 spiro atoms. The van der Waals surface area contributed by atoms with Crippen LogP contribution in [0, 0.1) is 5.41 Å². The van der Waals surface area contributed by atoms with Crippen LogP contribution in [0.3, 0.4) is 0 Å². The van der Waals surface area contributed by atoms with Crippen LogP contribution in [0.1, 0.15) is 45.6 Å². The van der Waals surface area contributed by atoms with E-state index in [1.165, 1.54) is 0 Å². The van der Waals surface area contributed by atoms with E-state index in [0.29, 0.717) is 5.15 Å². The number of nitrogens with zero attached hydrogens (tertiary/aromatic N) is 2. The lowest BCUT2D eigenvalue weighted by Crippen LogP contribution is -2.13. The Hall–Kier alpha value is -0.150. The van der Waals surface area contributed by atoms with Gasteiger partial charge >= 0.3 is 0 Å². The molecule has 4 heteroatoms. The zero-order chi connectivity index (χ0) is 12.3. The number of halogens is 2. The minimum atomic E-state index is 0.181. The molecule has 1 heterocycles. The van der Waals surface area contributed by atoms with Crippen molar-refractivity contribution in [1.29, 1.82) is 0 Å². The molecule has 0 amide bonds. The quantitative estimate of drug-likeness (QED) is 0.772. The minimum Gasteiger partial charge on any atom is -0.237 e. The van der Waals surface area contributed by atoms with Gasteiger partial charge < -0.3 is 0 Å². The number of rotatable bonds is 3. The van der Waals surface area contributed by atoms with Crippen molar-refractivity contribution in [3.8, 4) is 0 Å². The molecule has 0 saturated heterocycles. The molecular weight excluding hydrogens is 288 g/mol. The van der Waals surface area contributed by atoms with Gasteiger partial charge in [0.1, 0.15) is 11.0 Å². The molecule has 1 rings (SSSR count). The molecule has 1 aromatic rings. The average molecular weight is 306 g/mol. The van der Waals surface area contributed by atoms with Gasteiger partial charge in [-0.3, -0.25) is 0 Å². The van der Waals surface area contributed by atoms with Crippen LogP contribution >= 0.6 is 27.5 Å². The molecule has 90 valence electrons. The topological polar surface area (TPSA) is 25.8 Å². The van der Waals surface area contributed by atoms with Crippen molar-refractivity contribution in [3.05, 3.63) is 21.1 Å².